The molecule has 0 aromatic heterocycles. The lowest BCUT2D eigenvalue weighted by atomic mass is 9.98. The Labute approximate surface area is 153 Å². The molecule has 5 heteroatoms. The van der Waals surface area contributed by atoms with Crippen LogP contribution in [0.5, 0.6) is 0 Å². The summed E-state index contributed by atoms with van der Waals surface area (Å²) in [5.74, 6) is -0.651. The van der Waals surface area contributed by atoms with Gasteiger partial charge in [0.15, 0.2) is 0 Å². The van der Waals surface area contributed by atoms with E-state index in [9.17, 15) is 14.7 Å². The van der Waals surface area contributed by atoms with E-state index in [1.54, 1.807) is 24.3 Å². The van der Waals surface area contributed by atoms with Gasteiger partial charge in [0.1, 0.15) is 0 Å². The second-order valence-electron chi connectivity index (χ2n) is 7.02. The third-order valence-corrected chi connectivity index (χ3v) is 4.94. The van der Waals surface area contributed by atoms with Crippen LogP contribution >= 0.6 is 0 Å². The topological polar surface area (TPSA) is 69.6 Å². The van der Waals surface area contributed by atoms with Gasteiger partial charge in [-0.2, -0.15) is 0 Å². The third kappa shape index (κ3) is 4.04. The van der Waals surface area contributed by atoms with Crippen molar-refractivity contribution in [3.05, 3.63) is 59.2 Å². The minimum absolute atomic E-state index is 0.113. The van der Waals surface area contributed by atoms with Gasteiger partial charge in [0.25, 0.3) is 5.91 Å². The lowest BCUT2D eigenvalue weighted by molar-refractivity contribution is 0.0698. The summed E-state index contributed by atoms with van der Waals surface area (Å²) in [5, 5.41) is 12.3. The maximum absolute atomic E-state index is 12.4. The van der Waals surface area contributed by atoms with Gasteiger partial charge < -0.3 is 15.3 Å². The number of piperidine rings is 1. The smallest absolute Gasteiger partial charge is 0.337 e. The molecular formula is C21H24N2O3. The molecule has 136 valence electrons. The summed E-state index contributed by atoms with van der Waals surface area (Å²) >= 11 is 0. The molecule has 0 bridgehead atoms. The van der Waals surface area contributed by atoms with E-state index in [0.717, 1.165) is 37.2 Å². The Balaban J connectivity index is 1.81. The molecule has 1 amide bonds. The van der Waals surface area contributed by atoms with Gasteiger partial charge in [0.05, 0.1) is 11.3 Å². The number of rotatable bonds is 4. The molecule has 1 fully saturated rings. The maximum atomic E-state index is 12.4. The van der Waals surface area contributed by atoms with Crippen LogP contribution in [0, 0.1) is 12.8 Å². The maximum Gasteiger partial charge on any atom is 0.337 e. The van der Waals surface area contributed by atoms with Gasteiger partial charge >= 0.3 is 5.97 Å². The van der Waals surface area contributed by atoms with E-state index in [-0.39, 0.29) is 11.5 Å². The van der Waals surface area contributed by atoms with E-state index in [1.807, 2.05) is 25.1 Å². The van der Waals surface area contributed by atoms with Gasteiger partial charge in [-0.1, -0.05) is 24.6 Å². The fourth-order valence-corrected chi connectivity index (χ4v) is 3.18. The fourth-order valence-electron chi connectivity index (χ4n) is 3.18. The summed E-state index contributed by atoms with van der Waals surface area (Å²) < 4.78 is 0. The van der Waals surface area contributed by atoms with Gasteiger partial charge in [0, 0.05) is 24.3 Å². The Bertz CT molecular complexity index is 807. The molecule has 26 heavy (non-hydrogen) atoms. The molecule has 1 heterocycles. The fraction of sp³-hybridized carbons (Fsp3) is 0.333. The molecule has 5 nitrogen and oxygen atoms in total. The summed E-state index contributed by atoms with van der Waals surface area (Å²) in [6.45, 7) is 6.04. The zero-order chi connectivity index (χ0) is 18.7. The van der Waals surface area contributed by atoms with Crippen LogP contribution in [0.25, 0.3) is 0 Å². The lowest BCUT2D eigenvalue weighted by Gasteiger charge is -2.32. The number of carbonyl (C=O) groups excluding carboxylic acids is 1. The highest BCUT2D eigenvalue weighted by Crippen LogP contribution is 2.27. The monoisotopic (exact) mass is 352 g/mol. The van der Waals surface area contributed by atoms with Crippen molar-refractivity contribution in [2.45, 2.75) is 26.7 Å². The van der Waals surface area contributed by atoms with E-state index < -0.39 is 5.97 Å². The van der Waals surface area contributed by atoms with Gasteiger partial charge in [-0.3, -0.25) is 4.79 Å². The number of aromatic carboxylic acids is 1. The van der Waals surface area contributed by atoms with E-state index in [1.165, 1.54) is 0 Å². The Morgan fingerprint density at radius 1 is 1.08 bits per heavy atom. The van der Waals surface area contributed by atoms with Gasteiger partial charge in [0.2, 0.25) is 0 Å². The number of carboxylic acid groups (broad SMARTS) is 1. The van der Waals surface area contributed by atoms with Crippen molar-refractivity contribution in [3.63, 3.8) is 0 Å². The summed E-state index contributed by atoms with van der Waals surface area (Å²) in [6.07, 6.45) is 2.21. The summed E-state index contributed by atoms with van der Waals surface area (Å²) in [6, 6.07) is 12.4. The van der Waals surface area contributed by atoms with E-state index >= 15 is 0 Å². The third-order valence-electron chi connectivity index (χ3n) is 4.94. The van der Waals surface area contributed by atoms with Gasteiger partial charge in [-0.25, -0.2) is 4.79 Å². The molecule has 2 aromatic rings. The number of nitrogens with zero attached hydrogens (tertiary/aromatic N) is 1. The van der Waals surface area contributed by atoms with Crippen LogP contribution < -0.4 is 10.2 Å². The summed E-state index contributed by atoms with van der Waals surface area (Å²) in [4.78, 5) is 26.3. The number of amides is 1. The highest BCUT2D eigenvalue weighted by Gasteiger charge is 2.19. The van der Waals surface area contributed by atoms with Crippen LogP contribution in [-0.4, -0.2) is 30.1 Å². The van der Waals surface area contributed by atoms with Crippen LogP contribution in [0.15, 0.2) is 42.5 Å². The van der Waals surface area contributed by atoms with E-state index in [2.05, 4.69) is 17.1 Å². The van der Waals surface area contributed by atoms with E-state index in [4.69, 9.17) is 0 Å². The first kappa shape index (κ1) is 18.0. The highest BCUT2D eigenvalue weighted by molar-refractivity contribution is 6.08. The van der Waals surface area contributed by atoms with E-state index in [0.29, 0.717) is 17.2 Å². The number of hydrogen-bond donors (Lipinski definition) is 2. The van der Waals surface area contributed by atoms with Crippen LogP contribution in [-0.2, 0) is 0 Å². The molecule has 0 spiro atoms. The average molecular weight is 352 g/mol. The molecule has 2 N–H and O–H groups in total. The standard InChI is InChI=1S/C21H24N2O3/c1-14-3-5-16(6-4-14)20(24)22-19-8-7-17(13-18(19)21(25)26)23-11-9-15(2)10-12-23/h3-8,13,15H,9-12H2,1-2H3,(H,22,24)(H,25,26). The SMILES string of the molecule is Cc1ccc(C(=O)Nc2ccc(N3CCC(C)CC3)cc2C(=O)O)cc1. The predicted molar refractivity (Wildman–Crippen MR) is 103 cm³/mol. The van der Waals surface area contributed by atoms with Crippen molar-refractivity contribution >= 4 is 23.3 Å². The molecule has 0 atom stereocenters. The summed E-state index contributed by atoms with van der Waals surface area (Å²) in [5.41, 5.74) is 2.88. The molecule has 2 aromatic carbocycles. The number of carbonyl (C=O) groups is 2. The van der Waals surface area contributed by atoms with Crippen molar-refractivity contribution in [2.24, 2.45) is 5.92 Å². The lowest BCUT2D eigenvalue weighted by Crippen LogP contribution is -2.32. The Kier molecular flexibility index (Phi) is 5.26. The van der Waals surface area contributed by atoms with Crippen molar-refractivity contribution in [3.8, 4) is 0 Å². The predicted octanol–water partition coefficient (Wildman–Crippen LogP) is 4.18. The molecule has 1 aliphatic rings. The normalized spacial score (nSPS) is 14.9. The number of benzene rings is 2. The first-order valence-corrected chi connectivity index (χ1v) is 8.94. The number of carboxylic acids is 1. The first-order valence-electron chi connectivity index (χ1n) is 8.94. The van der Waals surface area contributed by atoms with Crippen molar-refractivity contribution in [1.29, 1.82) is 0 Å². The minimum atomic E-state index is -1.04. The first-order chi connectivity index (χ1) is 12.4. The molecule has 1 aliphatic heterocycles. The Morgan fingerprint density at radius 2 is 1.73 bits per heavy atom. The number of anilines is 2. The number of aryl methyl sites for hydroxylation is 1. The Hall–Kier alpha value is -2.82. The molecule has 1 saturated heterocycles. The largest absolute Gasteiger partial charge is 0.478 e. The molecule has 3 rings (SSSR count). The number of hydrogen-bond acceptors (Lipinski definition) is 3. The zero-order valence-electron chi connectivity index (χ0n) is 15.2. The van der Waals surface area contributed by atoms with Crippen LogP contribution in [0.1, 0.15) is 46.0 Å². The van der Waals surface area contributed by atoms with Crippen molar-refractivity contribution in [2.75, 3.05) is 23.3 Å². The zero-order valence-corrected chi connectivity index (χ0v) is 15.2. The highest BCUT2D eigenvalue weighted by atomic mass is 16.4. The second kappa shape index (κ2) is 7.60. The molecule has 0 unspecified atom stereocenters. The molecule has 0 aliphatic carbocycles. The van der Waals surface area contributed by atoms with Gasteiger partial charge in [-0.15, -0.1) is 0 Å². The minimum Gasteiger partial charge on any atom is -0.478 e. The molecule has 0 radical (unpaired) electrons. The van der Waals surface area contributed by atoms with Crippen LogP contribution in [0.4, 0.5) is 11.4 Å². The van der Waals surface area contributed by atoms with Crippen LogP contribution in [0.2, 0.25) is 0 Å². The molecule has 0 saturated carbocycles. The van der Waals surface area contributed by atoms with Gasteiger partial charge in [-0.05, 0) is 56.0 Å². The Morgan fingerprint density at radius 3 is 2.35 bits per heavy atom. The second-order valence-corrected chi connectivity index (χ2v) is 7.02. The quantitative estimate of drug-likeness (QED) is 0.866. The van der Waals surface area contributed by atoms with Crippen LogP contribution in [0.3, 0.4) is 0 Å². The molecular weight excluding hydrogens is 328 g/mol. The van der Waals surface area contributed by atoms with Crippen molar-refractivity contribution < 1.29 is 14.7 Å². The summed E-state index contributed by atoms with van der Waals surface area (Å²) in [7, 11) is 0. The van der Waals surface area contributed by atoms with Crippen molar-refractivity contribution in [1.82, 2.24) is 0 Å². The number of nitrogens with one attached hydrogen (secondary N) is 1. The average Bonchev–Trinajstić information content (AvgIpc) is 2.63.